The van der Waals surface area contributed by atoms with Gasteiger partial charge in [-0.25, -0.2) is 4.99 Å². The van der Waals surface area contributed by atoms with Gasteiger partial charge in [-0.15, -0.1) is 0 Å². The van der Waals surface area contributed by atoms with Crippen LogP contribution >= 0.6 is 11.8 Å². The summed E-state index contributed by atoms with van der Waals surface area (Å²) in [5.74, 6) is 1.56. The number of amides is 1. The van der Waals surface area contributed by atoms with Gasteiger partial charge in [0, 0.05) is 23.8 Å². The summed E-state index contributed by atoms with van der Waals surface area (Å²) in [5, 5.41) is 14.2. The summed E-state index contributed by atoms with van der Waals surface area (Å²) in [5.41, 5.74) is 2.21. The van der Waals surface area contributed by atoms with Gasteiger partial charge in [-0.1, -0.05) is 0 Å². The van der Waals surface area contributed by atoms with Gasteiger partial charge in [0.05, 0.1) is 22.1 Å². The van der Waals surface area contributed by atoms with Crippen molar-refractivity contribution in [3.8, 4) is 17.1 Å². The number of hydrogen-bond donors (Lipinski definition) is 1. The first-order valence-electron chi connectivity index (χ1n) is 9.80. The van der Waals surface area contributed by atoms with Gasteiger partial charge >= 0.3 is 0 Å². The van der Waals surface area contributed by atoms with Crippen LogP contribution in [0.15, 0.2) is 68.9 Å². The van der Waals surface area contributed by atoms with Gasteiger partial charge in [0.15, 0.2) is 5.17 Å². The molecule has 0 unspecified atom stereocenters. The maximum Gasteiger partial charge on any atom is 0.269 e. The van der Waals surface area contributed by atoms with Crippen molar-refractivity contribution in [1.82, 2.24) is 5.32 Å². The molecule has 1 aliphatic heterocycles. The quantitative estimate of drug-likeness (QED) is 0.304. The Morgan fingerprint density at radius 2 is 1.97 bits per heavy atom. The minimum absolute atomic E-state index is 0.0264. The molecule has 1 amide bonds. The van der Waals surface area contributed by atoms with Crippen LogP contribution in [0.2, 0.25) is 0 Å². The van der Waals surface area contributed by atoms with E-state index in [1.54, 1.807) is 31.2 Å². The van der Waals surface area contributed by atoms with Crippen LogP contribution in [0.3, 0.4) is 0 Å². The number of aryl methyl sites for hydroxylation is 1. The number of nitrogens with zero attached hydrogens (tertiary/aromatic N) is 2. The highest BCUT2D eigenvalue weighted by Crippen LogP contribution is 2.32. The van der Waals surface area contributed by atoms with Crippen molar-refractivity contribution < 1.29 is 18.9 Å². The molecule has 1 aliphatic rings. The number of hydrogen-bond acceptors (Lipinski definition) is 7. The molecular weight excluding hydrogens is 430 g/mol. The molecule has 1 saturated heterocycles. The maximum atomic E-state index is 12.3. The lowest BCUT2D eigenvalue weighted by Gasteiger charge is -2.02. The first kappa shape index (κ1) is 21.4. The van der Waals surface area contributed by atoms with E-state index in [1.807, 2.05) is 31.2 Å². The highest BCUT2D eigenvalue weighted by Gasteiger charge is 2.24. The molecule has 0 bridgehead atoms. The van der Waals surface area contributed by atoms with E-state index in [0.717, 1.165) is 16.9 Å². The van der Waals surface area contributed by atoms with Gasteiger partial charge in [0.25, 0.3) is 11.6 Å². The number of non-ortho nitro benzene ring substituents is 1. The molecule has 9 heteroatoms. The first-order valence-corrected chi connectivity index (χ1v) is 10.6. The first-order chi connectivity index (χ1) is 15.4. The number of carbonyl (C=O) groups excluding carboxylic acids is 1. The molecular formula is C23H19N3O5S. The molecule has 3 aromatic rings. The van der Waals surface area contributed by atoms with E-state index < -0.39 is 4.92 Å². The van der Waals surface area contributed by atoms with Crippen molar-refractivity contribution in [1.29, 1.82) is 0 Å². The van der Waals surface area contributed by atoms with Crippen molar-refractivity contribution >= 4 is 40.3 Å². The topological polar surface area (TPSA) is 107 Å². The van der Waals surface area contributed by atoms with Gasteiger partial charge in [0.1, 0.15) is 17.3 Å². The van der Waals surface area contributed by atoms with Crippen molar-refractivity contribution in [3.05, 3.63) is 80.9 Å². The second-order valence-corrected chi connectivity index (χ2v) is 7.90. The Bertz CT molecular complexity index is 1240. The minimum Gasteiger partial charge on any atom is -0.494 e. The second kappa shape index (κ2) is 9.11. The Morgan fingerprint density at radius 3 is 2.66 bits per heavy atom. The zero-order valence-electron chi connectivity index (χ0n) is 17.3. The van der Waals surface area contributed by atoms with Gasteiger partial charge in [-0.2, -0.15) is 0 Å². The number of aliphatic imine (C=N–C) groups is 1. The van der Waals surface area contributed by atoms with Crippen LogP contribution in [0.25, 0.3) is 17.4 Å². The molecule has 0 spiro atoms. The molecule has 162 valence electrons. The number of benzene rings is 2. The Kier molecular flexibility index (Phi) is 6.09. The number of nitro benzene ring substituents is 1. The number of nitro groups is 1. The largest absolute Gasteiger partial charge is 0.494 e. The molecule has 0 radical (unpaired) electrons. The molecule has 2 aromatic carbocycles. The molecule has 2 heterocycles. The summed E-state index contributed by atoms with van der Waals surface area (Å²) in [7, 11) is 0. The Labute approximate surface area is 188 Å². The van der Waals surface area contributed by atoms with Crippen LogP contribution in [0.4, 0.5) is 11.4 Å². The van der Waals surface area contributed by atoms with Crippen LogP contribution in [0.5, 0.6) is 5.75 Å². The summed E-state index contributed by atoms with van der Waals surface area (Å²) < 4.78 is 11.3. The SMILES string of the molecule is CCOc1ccc(N=C2NC(=O)/C(=C\c3ccc(-c4ccc([N+](=O)[O-])cc4C)o3)S2)cc1. The molecule has 4 rings (SSSR count). The predicted octanol–water partition coefficient (Wildman–Crippen LogP) is 5.45. The van der Waals surface area contributed by atoms with Crippen LogP contribution < -0.4 is 10.1 Å². The smallest absolute Gasteiger partial charge is 0.269 e. The van der Waals surface area contributed by atoms with E-state index in [1.165, 1.54) is 23.9 Å². The Hall–Kier alpha value is -3.85. The molecule has 32 heavy (non-hydrogen) atoms. The average Bonchev–Trinajstić information content (AvgIpc) is 3.36. The number of nitrogens with one attached hydrogen (secondary N) is 1. The molecule has 8 nitrogen and oxygen atoms in total. The number of thioether (sulfide) groups is 1. The fraction of sp³-hybridized carbons (Fsp3) is 0.130. The Morgan fingerprint density at radius 1 is 1.19 bits per heavy atom. The number of ether oxygens (including phenoxy) is 1. The third kappa shape index (κ3) is 4.73. The van der Waals surface area contributed by atoms with Gasteiger partial charge in [-0.3, -0.25) is 14.9 Å². The lowest BCUT2D eigenvalue weighted by atomic mass is 10.1. The van der Waals surface area contributed by atoms with Crippen LogP contribution in [0, 0.1) is 17.0 Å². The van der Waals surface area contributed by atoms with Crippen LogP contribution in [-0.4, -0.2) is 22.6 Å². The Balaban J connectivity index is 1.51. The van der Waals surface area contributed by atoms with Crippen LogP contribution in [0.1, 0.15) is 18.2 Å². The normalized spacial score (nSPS) is 15.9. The van der Waals surface area contributed by atoms with Crippen LogP contribution in [-0.2, 0) is 4.79 Å². The summed E-state index contributed by atoms with van der Waals surface area (Å²) in [4.78, 5) is 27.8. The second-order valence-electron chi connectivity index (χ2n) is 6.87. The maximum absolute atomic E-state index is 12.3. The standard InChI is InChI=1S/C23H19N3O5S/c1-3-30-17-7-4-15(5-8-17)24-23-25-22(27)21(32-23)13-18-9-11-20(31-18)19-10-6-16(26(28)29)12-14(19)2/h4-13H,3H2,1-2H3,(H,24,25,27)/b21-13+. The zero-order chi connectivity index (χ0) is 22.7. The van der Waals surface area contributed by atoms with E-state index in [2.05, 4.69) is 10.3 Å². The summed E-state index contributed by atoms with van der Waals surface area (Å²) in [6.45, 7) is 4.29. The van der Waals surface area contributed by atoms with Gasteiger partial charge in [-0.05, 0) is 73.6 Å². The van der Waals surface area contributed by atoms with Crippen molar-refractivity contribution in [3.63, 3.8) is 0 Å². The van der Waals surface area contributed by atoms with E-state index in [9.17, 15) is 14.9 Å². The minimum atomic E-state index is -0.433. The molecule has 0 atom stereocenters. The monoisotopic (exact) mass is 449 g/mol. The van der Waals surface area contributed by atoms with Crippen molar-refractivity contribution in [2.45, 2.75) is 13.8 Å². The zero-order valence-corrected chi connectivity index (χ0v) is 18.1. The van der Waals surface area contributed by atoms with E-state index >= 15 is 0 Å². The molecule has 1 fully saturated rings. The molecule has 1 N–H and O–H groups in total. The van der Waals surface area contributed by atoms with E-state index in [0.29, 0.717) is 33.9 Å². The fourth-order valence-electron chi connectivity index (χ4n) is 3.12. The van der Waals surface area contributed by atoms with Gasteiger partial charge < -0.3 is 14.5 Å². The fourth-order valence-corrected chi connectivity index (χ4v) is 3.95. The summed E-state index contributed by atoms with van der Waals surface area (Å²) in [6, 6.07) is 15.4. The van der Waals surface area contributed by atoms with E-state index in [4.69, 9.17) is 9.15 Å². The van der Waals surface area contributed by atoms with Crippen molar-refractivity contribution in [2.75, 3.05) is 6.61 Å². The third-order valence-corrected chi connectivity index (χ3v) is 5.53. The number of furan rings is 1. The number of rotatable bonds is 6. The number of amidine groups is 1. The molecule has 1 aromatic heterocycles. The van der Waals surface area contributed by atoms with Gasteiger partial charge in [0.2, 0.25) is 0 Å². The number of carbonyl (C=O) groups is 1. The highest BCUT2D eigenvalue weighted by atomic mass is 32.2. The average molecular weight is 449 g/mol. The van der Waals surface area contributed by atoms with E-state index in [-0.39, 0.29) is 11.6 Å². The third-order valence-electron chi connectivity index (χ3n) is 4.62. The lowest BCUT2D eigenvalue weighted by Crippen LogP contribution is -2.19. The summed E-state index contributed by atoms with van der Waals surface area (Å²) >= 11 is 1.22. The molecule has 0 aliphatic carbocycles. The molecule has 0 saturated carbocycles. The lowest BCUT2D eigenvalue weighted by molar-refractivity contribution is -0.384. The summed E-state index contributed by atoms with van der Waals surface area (Å²) in [6.07, 6.45) is 1.64. The van der Waals surface area contributed by atoms with Crippen molar-refractivity contribution in [2.24, 2.45) is 4.99 Å². The highest BCUT2D eigenvalue weighted by molar-refractivity contribution is 8.18. The predicted molar refractivity (Wildman–Crippen MR) is 124 cm³/mol.